The van der Waals surface area contributed by atoms with Crippen molar-refractivity contribution in [2.45, 2.75) is 31.1 Å². The van der Waals surface area contributed by atoms with E-state index < -0.39 is 10.0 Å². The summed E-state index contributed by atoms with van der Waals surface area (Å²) in [6.45, 7) is 2.21. The number of Topliss-reactive ketones (excluding diaryl/α,β-unsaturated/α-hetero) is 1. The lowest BCUT2D eigenvalue weighted by atomic mass is 9.91. The molecule has 0 radical (unpaired) electrons. The van der Waals surface area contributed by atoms with E-state index in [1.54, 1.807) is 12.1 Å². The van der Waals surface area contributed by atoms with Gasteiger partial charge in [0.15, 0.2) is 5.78 Å². The number of amides is 1. The summed E-state index contributed by atoms with van der Waals surface area (Å²) in [6.07, 6.45) is 1.78. The van der Waals surface area contributed by atoms with Gasteiger partial charge >= 0.3 is 0 Å². The van der Waals surface area contributed by atoms with Gasteiger partial charge in [0.05, 0.1) is 4.90 Å². The third kappa shape index (κ3) is 4.85. The van der Waals surface area contributed by atoms with Crippen LogP contribution in [0.1, 0.15) is 36.5 Å². The third-order valence-corrected chi connectivity index (χ3v) is 6.87. The molecule has 3 rings (SSSR count). The number of piperidine rings is 1. The molecule has 2 aromatic rings. The van der Waals surface area contributed by atoms with Gasteiger partial charge in [0.1, 0.15) is 0 Å². The van der Waals surface area contributed by atoms with E-state index in [1.807, 2.05) is 30.3 Å². The fraction of sp³-hybridized carbons (Fsp3) is 0.333. The van der Waals surface area contributed by atoms with Gasteiger partial charge in [-0.25, -0.2) is 8.42 Å². The Labute approximate surface area is 165 Å². The van der Waals surface area contributed by atoms with Crippen molar-refractivity contribution in [3.05, 3.63) is 60.2 Å². The van der Waals surface area contributed by atoms with Gasteiger partial charge in [-0.1, -0.05) is 30.3 Å². The molecule has 0 aromatic heterocycles. The summed E-state index contributed by atoms with van der Waals surface area (Å²) in [4.78, 5) is 23.6. The highest BCUT2D eigenvalue weighted by Crippen LogP contribution is 2.27. The molecule has 0 aliphatic carbocycles. The van der Waals surface area contributed by atoms with Gasteiger partial charge < -0.3 is 5.32 Å². The van der Waals surface area contributed by atoms with Crippen molar-refractivity contribution < 1.29 is 18.0 Å². The number of sulfonamides is 1. The standard InChI is InChI=1S/C21H24N2O4S/c1-16(24)22-19-7-9-20(10-8-19)28(26,27)23-13-11-17(12-14-23)15-21(25)18-5-3-2-4-6-18/h2-10,17H,11-15H2,1H3,(H,22,24). The van der Waals surface area contributed by atoms with E-state index in [0.717, 1.165) is 0 Å². The number of anilines is 1. The van der Waals surface area contributed by atoms with Crippen LogP contribution in [0.2, 0.25) is 0 Å². The second-order valence-electron chi connectivity index (χ2n) is 7.05. The molecule has 1 aliphatic heterocycles. The first-order valence-corrected chi connectivity index (χ1v) is 10.8. The maximum absolute atomic E-state index is 12.8. The smallest absolute Gasteiger partial charge is 0.243 e. The molecule has 1 N–H and O–H groups in total. The fourth-order valence-electron chi connectivity index (χ4n) is 3.42. The molecule has 28 heavy (non-hydrogen) atoms. The number of nitrogens with one attached hydrogen (secondary N) is 1. The molecule has 0 saturated carbocycles. The van der Waals surface area contributed by atoms with Crippen LogP contribution in [0.3, 0.4) is 0 Å². The van der Waals surface area contributed by atoms with E-state index in [0.29, 0.717) is 43.6 Å². The van der Waals surface area contributed by atoms with Crippen LogP contribution >= 0.6 is 0 Å². The van der Waals surface area contributed by atoms with E-state index >= 15 is 0 Å². The first-order valence-electron chi connectivity index (χ1n) is 9.32. The summed E-state index contributed by atoms with van der Waals surface area (Å²) in [7, 11) is -3.58. The van der Waals surface area contributed by atoms with Gasteiger partial charge in [0.25, 0.3) is 0 Å². The highest BCUT2D eigenvalue weighted by atomic mass is 32.2. The van der Waals surface area contributed by atoms with Crippen molar-refractivity contribution in [2.75, 3.05) is 18.4 Å². The number of benzene rings is 2. The summed E-state index contributed by atoms with van der Waals surface area (Å²) in [5.41, 5.74) is 1.27. The maximum Gasteiger partial charge on any atom is 0.243 e. The van der Waals surface area contributed by atoms with Crippen molar-refractivity contribution in [1.82, 2.24) is 4.31 Å². The highest BCUT2D eigenvalue weighted by Gasteiger charge is 2.30. The third-order valence-electron chi connectivity index (χ3n) is 4.96. The van der Waals surface area contributed by atoms with Gasteiger partial charge in [0, 0.05) is 37.7 Å². The minimum atomic E-state index is -3.58. The molecular formula is C21H24N2O4S. The summed E-state index contributed by atoms with van der Waals surface area (Å²) in [6, 6.07) is 15.4. The van der Waals surface area contributed by atoms with Crippen molar-refractivity contribution in [1.29, 1.82) is 0 Å². The van der Waals surface area contributed by atoms with Gasteiger partial charge in [0.2, 0.25) is 15.9 Å². The molecule has 1 fully saturated rings. The topological polar surface area (TPSA) is 83.6 Å². The lowest BCUT2D eigenvalue weighted by Crippen LogP contribution is -2.38. The predicted octanol–water partition coefficient (Wildman–Crippen LogP) is 3.32. The van der Waals surface area contributed by atoms with E-state index in [2.05, 4.69) is 5.32 Å². The SMILES string of the molecule is CC(=O)Nc1ccc(S(=O)(=O)N2CCC(CC(=O)c3ccccc3)CC2)cc1. The van der Waals surface area contributed by atoms with Gasteiger partial charge in [-0.3, -0.25) is 9.59 Å². The largest absolute Gasteiger partial charge is 0.326 e. The van der Waals surface area contributed by atoms with Crippen molar-refractivity contribution in [3.63, 3.8) is 0 Å². The number of ketones is 1. The molecule has 0 atom stereocenters. The molecule has 1 aliphatic rings. The van der Waals surface area contributed by atoms with Crippen molar-refractivity contribution in [3.8, 4) is 0 Å². The molecule has 1 heterocycles. The molecule has 1 amide bonds. The Kier molecular flexibility index (Phi) is 6.26. The number of nitrogens with zero attached hydrogens (tertiary/aromatic N) is 1. The van der Waals surface area contributed by atoms with Crippen LogP contribution in [0.15, 0.2) is 59.5 Å². The van der Waals surface area contributed by atoms with Crippen LogP contribution in [0.4, 0.5) is 5.69 Å². The normalized spacial score (nSPS) is 15.9. The first kappa shape index (κ1) is 20.2. The van der Waals surface area contributed by atoms with Crippen LogP contribution in [0.5, 0.6) is 0 Å². The van der Waals surface area contributed by atoms with E-state index in [-0.39, 0.29) is 22.5 Å². The highest BCUT2D eigenvalue weighted by molar-refractivity contribution is 7.89. The summed E-state index contributed by atoms with van der Waals surface area (Å²) < 4.78 is 27.2. The maximum atomic E-state index is 12.8. The van der Waals surface area contributed by atoms with E-state index in [4.69, 9.17) is 0 Å². The summed E-state index contributed by atoms with van der Waals surface area (Å²) >= 11 is 0. The number of hydrogen-bond acceptors (Lipinski definition) is 4. The zero-order chi connectivity index (χ0) is 20.1. The number of carbonyl (C=O) groups excluding carboxylic acids is 2. The van der Waals surface area contributed by atoms with Gasteiger partial charge in [-0.2, -0.15) is 4.31 Å². The molecular weight excluding hydrogens is 376 g/mol. The zero-order valence-electron chi connectivity index (χ0n) is 15.8. The number of rotatable bonds is 6. The quantitative estimate of drug-likeness (QED) is 0.754. The zero-order valence-corrected chi connectivity index (χ0v) is 16.6. The first-order chi connectivity index (χ1) is 13.4. The molecule has 2 aromatic carbocycles. The molecule has 0 spiro atoms. The Morgan fingerprint density at radius 2 is 1.61 bits per heavy atom. The second-order valence-corrected chi connectivity index (χ2v) is 8.98. The van der Waals surface area contributed by atoms with E-state index in [1.165, 1.54) is 23.4 Å². The monoisotopic (exact) mass is 400 g/mol. The Morgan fingerprint density at radius 1 is 1.00 bits per heavy atom. The van der Waals surface area contributed by atoms with Crippen molar-refractivity contribution >= 4 is 27.4 Å². The number of hydrogen-bond donors (Lipinski definition) is 1. The van der Waals surface area contributed by atoms with Gasteiger partial charge in [-0.15, -0.1) is 0 Å². The molecule has 6 nitrogen and oxygen atoms in total. The van der Waals surface area contributed by atoms with Crippen LogP contribution < -0.4 is 5.32 Å². The minimum absolute atomic E-state index is 0.107. The predicted molar refractivity (Wildman–Crippen MR) is 108 cm³/mol. The van der Waals surface area contributed by atoms with Crippen molar-refractivity contribution in [2.24, 2.45) is 5.92 Å². The lowest BCUT2D eigenvalue weighted by Gasteiger charge is -2.31. The summed E-state index contributed by atoms with van der Waals surface area (Å²) in [5, 5.41) is 2.62. The Balaban J connectivity index is 1.59. The Hall–Kier alpha value is -2.51. The lowest BCUT2D eigenvalue weighted by molar-refractivity contribution is -0.114. The van der Waals surface area contributed by atoms with E-state index in [9.17, 15) is 18.0 Å². The molecule has 7 heteroatoms. The molecule has 0 bridgehead atoms. The molecule has 0 unspecified atom stereocenters. The van der Waals surface area contributed by atoms with Gasteiger partial charge in [-0.05, 0) is 43.0 Å². The Bertz CT molecular complexity index is 932. The minimum Gasteiger partial charge on any atom is -0.326 e. The average Bonchev–Trinajstić information content (AvgIpc) is 2.69. The van der Waals surface area contributed by atoms with Crippen LogP contribution in [0, 0.1) is 5.92 Å². The Morgan fingerprint density at radius 3 is 2.18 bits per heavy atom. The molecule has 148 valence electrons. The number of carbonyl (C=O) groups is 2. The molecule has 1 saturated heterocycles. The van der Waals surface area contributed by atoms with Crippen LogP contribution in [-0.4, -0.2) is 37.5 Å². The fourth-order valence-corrected chi connectivity index (χ4v) is 4.89. The van der Waals surface area contributed by atoms with Crippen LogP contribution in [0.25, 0.3) is 0 Å². The summed E-state index contributed by atoms with van der Waals surface area (Å²) in [5.74, 6) is 0.0968. The second kappa shape index (κ2) is 8.67. The average molecular weight is 401 g/mol. The van der Waals surface area contributed by atoms with Crippen LogP contribution in [-0.2, 0) is 14.8 Å².